The normalized spacial score (nSPS) is 10.2. The minimum absolute atomic E-state index is 0.00528. The predicted molar refractivity (Wildman–Crippen MR) is 73.2 cm³/mol. The van der Waals surface area contributed by atoms with E-state index >= 15 is 0 Å². The van der Waals surface area contributed by atoms with Gasteiger partial charge < -0.3 is 5.73 Å². The lowest BCUT2D eigenvalue weighted by Crippen LogP contribution is -2.01. The second kappa shape index (κ2) is 4.72. The van der Waals surface area contributed by atoms with E-state index in [-0.39, 0.29) is 5.78 Å². The lowest BCUT2D eigenvalue weighted by atomic mass is 10.0. The highest BCUT2D eigenvalue weighted by molar-refractivity contribution is 9.10. The van der Waals surface area contributed by atoms with Crippen LogP contribution in [0.3, 0.4) is 0 Å². The first-order valence-corrected chi connectivity index (χ1v) is 6.03. The van der Waals surface area contributed by atoms with Gasteiger partial charge in [0.05, 0.1) is 0 Å². The maximum atomic E-state index is 12.2. The van der Waals surface area contributed by atoms with Crippen molar-refractivity contribution in [3.63, 3.8) is 0 Å². The maximum Gasteiger partial charge on any atom is 0.193 e. The Hall–Kier alpha value is -1.61. The second-order valence-corrected chi connectivity index (χ2v) is 4.77. The zero-order chi connectivity index (χ0) is 12.4. The molecule has 0 atom stereocenters. The van der Waals surface area contributed by atoms with Gasteiger partial charge in [-0.05, 0) is 42.8 Å². The smallest absolute Gasteiger partial charge is 0.193 e. The monoisotopic (exact) mass is 289 g/mol. The third kappa shape index (κ3) is 2.56. The number of carbonyl (C=O) groups excluding carboxylic acids is 1. The summed E-state index contributed by atoms with van der Waals surface area (Å²) in [5, 5.41) is 0. The predicted octanol–water partition coefficient (Wildman–Crippen LogP) is 3.57. The zero-order valence-corrected chi connectivity index (χ0v) is 11.0. The first-order chi connectivity index (χ1) is 8.08. The fourth-order valence-corrected chi connectivity index (χ4v) is 1.91. The van der Waals surface area contributed by atoms with E-state index < -0.39 is 0 Å². The van der Waals surface area contributed by atoms with Crippen LogP contribution in [0.25, 0.3) is 0 Å². The van der Waals surface area contributed by atoms with Gasteiger partial charge in [-0.15, -0.1) is 0 Å². The standard InChI is InChI=1S/C14H12BrNO/c1-9-2-3-11(8-13(9)15)14(17)10-4-6-12(16)7-5-10/h2-8H,16H2,1H3. The fourth-order valence-electron chi connectivity index (χ4n) is 1.54. The minimum atomic E-state index is 0.00528. The number of ketones is 1. The average Bonchev–Trinajstić information content (AvgIpc) is 2.33. The number of anilines is 1. The van der Waals surface area contributed by atoms with Gasteiger partial charge in [-0.3, -0.25) is 4.79 Å². The van der Waals surface area contributed by atoms with Gasteiger partial charge in [0.25, 0.3) is 0 Å². The summed E-state index contributed by atoms with van der Waals surface area (Å²) in [4.78, 5) is 12.2. The van der Waals surface area contributed by atoms with E-state index in [1.165, 1.54) is 0 Å². The summed E-state index contributed by atoms with van der Waals surface area (Å²) in [5.74, 6) is 0.00528. The Bertz CT molecular complexity index is 561. The molecule has 2 nitrogen and oxygen atoms in total. The van der Waals surface area contributed by atoms with Crippen molar-refractivity contribution in [3.8, 4) is 0 Å². The number of halogens is 1. The van der Waals surface area contributed by atoms with Crippen molar-refractivity contribution in [1.29, 1.82) is 0 Å². The molecule has 0 saturated heterocycles. The molecule has 0 aliphatic heterocycles. The molecule has 0 unspecified atom stereocenters. The number of rotatable bonds is 2. The first kappa shape index (κ1) is 11.9. The van der Waals surface area contributed by atoms with E-state index in [1.54, 1.807) is 24.3 Å². The number of nitrogens with two attached hydrogens (primary N) is 1. The van der Waals surface area contributed by atoms with Gasteiger partial charge in [0.15, 0.2) is 5.78 Å². The molecule has 0 saturated carbocycles. The van der Waals surface area contributed by atoms with Crippen molar-refractivity contribution in [3.05, 3.63) is 63.6 Å². The van der Waals surface area contributed by atoms with Crippen LogP contribution in [0.1, 0.15) is 21.5 Å². The van der Waals surface area contributed by atoms with E-state index in [4.69, 9.17) is 5.73 Å². The van der Waals surface area contributed by atoms with Crippen LogP contribution < -0.4 is 5.73 Å². The van der Waals surface area contributed by atoms with Gasteiger partial charge in [0, 0.05) is 21.3 Å². The molecule has 0 aromatic heterocycles. The highest BCUT2D eigenvalue weighted by atomic mass is 79.9. The van der Waals surface area contributed by atoms with Gasteiger partial charge in [-0.1, -0.05) is 28.1 Å². The van der Waals surface area contributed by atoms with Crippen LogP contribution in [0.15, 0.2) is 46.9 Å². The van der Waals surface area contributed by atoms with Gasteiger partial charge in [0.2, 0.25) is 0 Å². The topological polar surface area (TPSA) is 43.1 Å². The zero-order valence-electron chi connectivity index (χ0n) is 9.41. The SMILES string of the molecule is Cc1ccc(C(=O)c2ccc(N)cc2)cc1Br. The van der Waals surface area contributed by atoms with Crippen molar-refractivity contribution in [1.82, 2.24) is 0 Å². The van der Waals surface area contributed by atoms with E-state index in [1.807, 2.05) is 25.1 Å². The van der Waals surface area contributed by atoms with Crippen LogP contribution in [-0.4, -0.2) is 5.78 Å². The first-order valence-electron chi connectivity index (χ1n) is 5.24. The molecule has 0 aliphatic carbocycles. The summed E-state index contributed by atoms with van der Waals surface area (Å²) in [6.07, 6.45) is 0. The summed E-state index contributed by atoms with van der Waals surface area (Å²) in [6, 6.07) is 12.5. The molecule has 0 heterocycles. The third-order valence-electron chi connectivity index (χ3n) is 2.61. The molecule has 86 valence electrons. The summed E-state index contributed by atoms with van der Waals surface area (Å²) in [6.45, 7) is 1.99. The molecule has 2 N–H and O–H groups in total. The Morgan fingerprint density at radius 3 is 2.24 bits per heavy atom. The van der Waals surface area contributed by atoms with Gasteiger partial charge >= 0.3 is 0 Å². The maximum absolute atomic E-state index is 12.2. The third-order valence-corrected chi connectivity index (χ3v) is 3.46. The Morgan fingerprint density at radius 1 is 1.06 bits per heavy atom. The summed E-state index contributed by atoms with van der Waals surface area (Å²) in [7, 11) is 0. The Labute approximate surface area is 109 Å². The number of carbonyl (C=O) groups is 1. The number of aryl methyl sites for hydroxylation is 1. The summed E-state index contributed by atoms with van der Waals surface area (Å²) >= 11 is 3.43. The van der Waals surface area contributed by atoms with Crippen LogP contribution in [-0.2, 0) is 0 Å². The highest BCUT2D eigenvalue weighted by Crippen LogP contribution is 2.20. The average molecular weight is 290 g/mol. The second-order valence-electron chi connectivity index (χ2n) is 3.92. The Morgan fingerprint density at radius 2 is 1.65 bits per heavy atom. The van der Waals surface area contributed by atoms with Crippen molar-refractivity contribution in [2.24, 2.45) is 0 Å². The highest BCUT2D eigenvalue weighted by Gasteiger charge is 2.09. The van der Waals surface area contributed by atoms with Gasteiger partial charge in [-0.2, -0.15) is 0 Å². The van der Waals surface area contributed by atoms with Crippen LogP contribution in [0.2, 0.25) is 0 Å². The van der Waals surface area contributed by atoms with E-state index in [9.17, 15) is 4.79 Å². The van der Waals surface area contributed by atoms with Crippen LogP contribution in [0, 0.1) is 6.92 Å². The van der Waals surface area contributed by atoms with Crippen molar-refractivity contribution >= 4 is 27.4 Å². The summed E-state index contributed by atoms with van der Waals surface area (Å²) < 4.78 is 0.943. The van der Waals surface area contributed by atoms with Crippen LogP contribution in [0.5, 0.6) is 0 Å². The molecule has 0 amide bonds. The molecule has 0 bridgehead atoms. The number of benzene rings is 2. The van der Waals surface area contributed by atoms with Crippen molar-refractivity contribution in [2.45, 2.75) is 6.92 Å². The number of nitrogen functional groups attached to an aromatic ring is 1. The fraction of sp³-hybridized carbons (Fsp3) is 0.0714. The van der Waals surface area contributed by atoms with Crippen LogP contribution in [0.4, 0.5) is 5.69 Å². The minimum Gasteiger partial charge on any atom is -0.399 e. The van der Waals surface area contributed by atoms with E-state index in [2.05, 4.69) is 15.9 Å². The molecule has 2 rings (SSSR count). The summed E-state index contributed by atoms with van der Waals surface area (Å²) in [5.41, 5.74) is 8.68. The molecular weight excluding hydrogens is 278 g/mol. The molecular formula is C14H12BrNO. The lowest BCUT2D eigenvalue weighted by molar-refractivity contribution is 0.103. The van der Waals surface area contributed by atoms with Crippen molar-refractivity contribution in [2.75, 3.05) is 5.73 Å². The Balaban J connectivity index is 2.37. The van der Waals surface area contributed by atoms with E-state index in [0.29, 0.717) is 16.8 Å². The number of hydrogen-bond donors (Lipinski definition) is 1. The molecule has 2 aromatic carbocycles. The largest absolute Gasteiger partial charge is 0.399 e. The molecule has 17 heavy (non-hydrogen) atoms. The van der Waals surface area contributed by atoms with Crippen molar-refractivity contribution < 1.29 is 4.79 Å². The van der Waals surface area contributed by atoms with Gasteiger partial charge in [-0.25, -0.2) is 0 Å². The molecule has 0 aliphatic rings. The molecule has 3 heteroatoms. The van der Waals surface area contributed by atoms with Gasteiger partial charge in [0.1, 0.15) is 0 Å². The molecule has 0 radical (unpaired) electrons. The van der Waals surface area contributed by atoms with E-state index in [0.717, 1.165) is 10.0 Å². The van der Waals surface area contributed by atoms with Crippen LogP contribution >= 0.6 is 15.9 Å². The quantitative estimate of drug-likeness (QED) is 0.678. The Kier molecular flexibility index (Phi) is 3.29. The lowest BCUT2D eigenvalue weighted by Gasteiger charge is -2.04. The molecule has 0 spiro atoms. The molecule has 2 aromatic rings. The molecule has 0 fully saturated rings. The number of hydrogen-bond acceptors (Lipinski definition) is 2.